The molecule has 0 heterocycles. The number of carbonyl (C=O) groups excluding carboxylic acids is 1. The Labute approximate surface area is 68.4 Å². The summed E-state index contributed by atoms with van der Waals surface area (Å²) in [4.78, 5) is 10.9. The van der Waals surface area contributed by atoms with Crippen LogP contribution in [0.3, 0.4) is 0 Å². The summed E-state index contributed by atoms with van der Waals surface area (Å²) in [5.74, 6) is 0.330. The van der Waals surface area contributed by atoms with Gasteiger partial charge in [-0.25, -0.2) is 0 Å². The predicted molar refractivity (Wildman–Crippen MR) is 45.6 cm³/mol. The lowest BCUT2D eigenvalue weighted by Gasteiger charge is -2.09. The molecule has 0 atom stereocenters. The first-order valence-electron chi connectivity index (χ1n) is 4.58. The van der Waals surface area contributed by atoms with Crippen LogP contribution in [0.15, 0.2) is 0 Å². The highest BCUT2D eigenvalue weighted by molar-refractivity contribution is 5.80. The maximum atomic E-state index is 10.9. The van der Waals surface area contributed by atoms with Gasteiger partial charge in [-0.05, 0) is 12.8 Å². The molecule has 0 aliphatic heterocycles. The van der Waals surface area contributed by atoms with Gasteiger partial charge in [-0.3, -0.25) is 4.79 Å². The number of carbonyl (C=O) groups is 1. The quantitative estimate of drug-likeness (QED) is 0.666. The molecule has 1 aliphatic carbocycles. The third-order valence-corrected chi connectivity index (χ3v) is 2.34. The van der Waals surface area contributed by atoms with Crippen molar-refractivity contribution in [3.05, 3.63) is 0 Å². The van der Waals surface area contributed by atoms with E-state index in [-0.39, 0.29) is 0 Å². The maximum absolute atomic E-state index is 10.9. The highest BCUT2D eigenvalue weighted by atomic mass is 16.1. The molecule has 0 spiro atoms. The molecular weight excluding hydrogens is 138 g/mol. The Balaban J connectivity index is 2.06. The number of rotatable bonds is 4. The Hall–Kier alpha value is -0.370. The van der Waals surface area contributed by atoms with Crippen molar-refractivity contribution in [1.82, 2.24) is 5.32 Å². The van der Waals surface area contributed by atoms with E-state index in [9.17, 15) is 4.79 Å². The Morgan fingerprint density at radius 3 is 2.64 bits per heavy atom. The van der Waals surface area contributed by atoms with Crippen LogP contribution >= 0.6 is 0 Å². The molecule has 2 nitrogen and oxygen atoms in total. The summed E-state index contributed by atoms with van der Waals surface area (Å²) in [5.41, 5.74) is 0. The van der Waals surface area contributed by atoms with Crippen LogP contribution in [0.25, 0.3) is 0 Å². The second-order valence-corrected chi connectivity index (χ2v) is 3.25. The maximum Gasteiger partial charge on any atom is 0.146 e. The van der Waals surface area contributed by atoms with Gasteiger partial charge in [-0.1, -0.05) is 19.8 Å². The summed E-state index contributed by atoms with van der Waals surface area (Å²) in [6.45, 7) is 2.50. The van der Waals surface area contributed by atoms with Crippen molar-refractivity contribution in [2.45, 2.75) is 45.1 Å². The Bertz CT molecular complexity index is 128. The van der Waals surface area contributed by atoms with Crippen molar-refractivity contribution in [3.8, 4) is 0 Å². The monoisotopic (exact) mass is 155 g/mol. The van der Waals surface area contributed by atoms with Gasteiger partial charge in [0.15, 0.2) is 0 Å². The van der Waals surface area contributed by atoms with Gasteiger partial charge in [0, 0.05) is 12.5 Å². The average Bonchev–Trinajstić information content (AvgIpc) is 2.52. The molecule has 11 heavy (non-hydrogen) atoms. The van der Waals surface area contributed by atoms with Crippen LogP contribution in [0.5, 0.6) is 0 Å². The fraction of sp³-hybridized carbons (Fsp3) is 0.889. The number of hydrogen-bond acceptors (Lipinski definition) is 2. The molecule has 2 heteroatoms. The molecule has 1 saturated carbocycles. The van der Waals surface area contributed by atoms with Crippen molar-refractivity contribution in [2.24, 2.45) is 0 Å². The Morgan fingerprint density at radius 1 is 1.45 bits per heavy atom. The fourth-order valence-electron chi connectivity index (χ4n) is 1.51. The summed E-state index contributed by atoms with van der Waals surface area (Å²) in [6.07, 6.45) is 5.85. The van der Waals surface area contributed by atoms with Crippen LogP contribution in [0.2, 0.25) is 0 Å². The van der Waals surface area contributed by atoms with E-state index >= 15 is 0 Å². The minimum absolute atomic E-state index is 0.330. The third kappa shape index (κ3) is 3.02. The van der Waals surface area contributed by atoms with E-state index in [2.05, 4.69) is 5.32 Å². The standard InChI is InChI=1S/C9H17NO/c1-2-9(11)7-10-8-5-3-4-6-8/h8,10H,2-7H2,1H3. The van der Waals surface area contributed by atoms with E-state index in [1.54, 1.807) is 0 Å². The summed E-state index contributed by atoms with van der Waals surface area (Å²) in [5, 5.41) is 3.28. The SMILES string of the molecule is CCC(=O)CNC1CCCC1. The lowest BCUT2D eigenvalue weighted by molar-refractivity contribution is -0.118. The van der Waals surface area contributed by atoms with Crippen molar-refractivity contribution in [3.63, 3.8) is 0 Å². The van der Waals surface area contributed by atoms with Gasteiger partial charge in [0.1, 0.15) is 5.78 Å². The molecule has 1 rings (SSSR count). The molecule has 0 bridgehead atoms. The Morgan fingerprint density at radius 2 is 2.09 bits per heavy atom. The lowest BCUT2D eigenvalue weighted by Crippen LogP contribution is -2.31. The van der Waals surface area contributed by atoms with Crippen LogP contribution < -0.4 is 5.32 Å². The van der Waals surface area contributed by atoms with Crippen LogP contribution in [-0.4, -0.2) is 18.4 Å². The summed E-state index contributed by atoms with van der Waals surface area (Å²) < 4.78 is 0. The zero-order valence-corrected chi connectivity index (χ0v) is 7.23. The van der Waals surface area contributed by atoms with Crippen LogP contribution in [0, 0.1) is 0 Å². The van der Waals surface area contributed by atoms with Crippen LogP contribution in [0.4, 0.5) is 0 Å². The van der Waals surface area contributed by atoms with Crippen molar-refractivity contribution in [2.75, 3.05) is 6.54 Å². The van der Waals surface area contributed by atoms with Gasteiger partial charge < -0.3 is 5.32 Å². The van der Waals surface area contributed by atoms with Gasteiger partial charge in [0.25, 0.3) is 0 Å². The van der Waals surface area contributed by atoms with Gasteiger partial charge in [0.05, 0.1) is 6.54 Å². The third-order valence-electron chi connectivity index (χ3n) is 2.34. The van der Waals surface area contributed by atoms with E-state index in [0.29, 0.717) is 24.8 Å². The summed E-state index contributed by atoms with van der Waals surface area (Å²) in [6, 6.07) is 0.630. The van der Waals surface area contributed by atoms with Crippen LogP contribution in [-0.2, 0) is 4.79 Å². The fourth-order valence-corrected chi connectivity index (χ4v) is 1.51. The number of Topliss-reactive ketones (excluding diaryl/α,β-unsaturated/α-hetero) is 1. The van der Waals surface area contributed by atoms with Crippen molar-refractivity contribution >= 4 is 5.78 Å². The smallest absolute Gasteiger partial charge is 0.146 e. The number of hydrogen-bond donors (Lipinski definition) is 1. The second-order valence-electron chi connectivity index (χ2n) is 3.25. The molecule has 1 aliphatic rings. The van der Waals surface area contributed by atoms with Gasteiger partial charge in [0.2, 0.25) is 0 Å². The van der Waals surface area contributed by atoms with E-state index in [1.165, 1.54) is 25.7 Å². The normalized spacial score (nSPS) is 19.0. The topological polar surface area (TPSA) is 29.1 Å². The van der Waals surface area contributed by atoms with Gasteiger partial charge in [-0.2, -0.15) is 0 Å². The van der Waals surface area contributed by atoms with E-state index < -0.39 is 0 Å². The number of ketones is 1. The molecule has 0 aromatic heterocycles. The molecule has 64 valence electrons. The summed E-state index contributed by atoms with van der Waals surface area (Å²) >= 11 is 0. The largest absolute Gasteiger partial charge is 0.307 e. The van der Waals surface area contributed by atoms with Crippen molar-refractivity contribution < 1.29 is 4.79 Å². The van der Waals surface area contributed by atoms with E-state index in [4.69, 9.17) is 0 Å². The molecule has 0 aromatic carbocycles. The minimum Gasteiger partial charge on any atom is -0.307 e. The summed E-state index contributed by atoms with van der Waals surface area (Å²) in [7, 11) is 0. The molecule has 0 saturated heterocycles. The highest BCUT2D eigenvalue weighted by Crippen LogP contribution is 2.17. The molecule has 1 fully saturated rings. The average molecular weight is 155 g/mol. The molecule has 1 N–H and O–H groups in total. The van der Waals surface area contributed by atoms with Crippen LogP contribution in [0.1, 0.15) is 39.0 Å². The number of nitrogens with one attached hydrogen (secondary N) is 1. The zero-order valence-electron chi connectivity index (χ0n) is 7.23. The molecular formula is C9H17NO. The minimum atomic E-state index is 0.330. The molecule has 0 radical (unpaired) electrons. The van der Waals surface area contributed by atoms with Crippen molar-refractivity contribution in [1.29, 1.82) is 0 Å². The lowest BCUT2D eigenvalue weighted by atomic mass is 10.2. The Kier molecular flexibility index (Phi) is 3.57. The first-order chi connectivity index (χ1) is 5.33. The molecule has 0 aromatic rings. The van der Waals surface area contributed by atoms with Gasteiger partial charge >= 0.3 is 0 Å². The van der Waals surface area contributed by atoms with Gasteiger partial charge in [-0.15, -0.1) is 0 Å². The first kappa shape index (κ1) is 8.72. The van der Waals surface area contributed by atoms with E-state index in [1.807, 2.05) is 6.92 Å². The second kappa shape index (κ2) is 4.50. The first-order valence-corrected chi connectivity index (χ1v) is 4.58. The van der Waals surface area contributed by atoms with E-state index in [0.717, 1.165) is 0 Å². The zero-order chi connectivity index (χ0) is 8.10. The molecule has 0 unspecified atom stereocenters. The highest BCUT2D eigenvalue weighted by Gasteiger charge is 2.14. The molecule has 0 amide bonds. The predicted octanol–water partition coefficient (Wildman–Crippen LogP) is 1.50.